The molecule has 1 nitrogen and oxygen atoms in total. The van der Waals surface area contributed by atoms with Gasteiger partial charge in [0.1, 0.15) is 8.67 Å². The van der Waals surface area contributed by atoms with E-state index in [1.165, 1.54) is 0 Å². The summed E-state index contributed by atoms with van der Waals surface area (Å²) in [6.07, 6.45) is 1.41. The highest BCUT2D eigenvalue weighted by atomic mass is 35.5. The van der Waals surface area contributed by atoms with Crippen molar-refractivity contribution in [3.8, 4) is 0 Å². The molecule has 6 heteroatoms. The predicted molar refractivity (Wildman–Crippen MR) is 72.2 cm³/mol. The second-order valence-corrected chi connectivity index (χ2v) is 10.0. The average Bonchev–Trinajstić information content (AvgIpc) is 2.64. The third kappa shape index (κ3) is 2.25. The molecule has 0 amide bonds. The Morgan fingerprint density at radius 3 is 1.38 bits per heavy atom. The smallest absolute Gasteiger partial charge is 0.125 e. The van der Waals surface area contributed by atoms with Crippen LogP contribution in [0.2, 0.25) is 0 Å². The van der Waals surface area contributed by atoms with E-state index in [1.807, 2.05) is 13.8 Å². The van der Waals surface area contributed by atoms with Gasteiger partial charge in [0.05, 0.1) is 0 Å². The molecule has 2 rings (SSSR count). The van der Waals surface area contributed by atoms with Crippen LogP contribution in [0.5, 0.6) is 0 Å². The van der Waals surface area contributed by atoms with Gasteiger partial charge in [-0.3, -0.25) is 4.21 Å². The fraction of sp³-hybridized carbons (Fsp3) is 1.00. The van der Waals surface area contributed by atoms with Crippen molar-refractivity contribution in [3.63, 3.8) is 0 Å². The summed E-state index contributed by atoms with van der Waals surface area (Å²) in [5.41, 5.74) is -0.430. The van der Waals surface area contributed by atoms with Gasteiger partial charge in [0, 0.05) is 33.1 Å². The molecule has 2 saturated carbocycles. The van der Waals surface area contributed by atoms with Crippen LogP contribution >= 0.6 is 46.4 Å². The molecule has 2 aliphatic rings. The molecular weight excluding hydrogens is 310 g/mol. The van der Waals surface area contributed by atoms with Gasteiger partial charge in [-0.05, 0) is 12.8 Å². The first-order valence-corrected chi connectivity index (χ1v) is 8.12. The molecule has 2 fully saturated rings. The third-order valence-electron chi connectivity index (χ3n) is 3.70. The highest BCUT2D eigenvalue weighted by Gasteiger charge is 2.66. The number of rotatable bonds is 4. The number of hydrogen-bond donors (Lipinski definition) is 0. The molecule has 0 bridgehead atoms. The maximum Gasteiger partial charge on any atom is 0.125 e. The lowest BCUT2D eigenvalue weighted by atomic mass is 10.2. The van der Waals surface area contributed by atoms with Crippen molar-refractivity contribution in [2.24, 2.45) is 10.8 Å². The average molecular weight is 324 g/mol. The topological polar surface area (TPSA) is 17.1 Å². The van der Waals surface area contributed by atoms with Crippen molar-refractivity contribution < 1.29 is 4.21 Å². The van der Waals surface area contributed by atoms with Gasteiger partial charge in [-0.1, -0.05) is 13.8 Å². The molecule has 0 aromatic rings. The Morgan fingerprint density at radius 1 is 0.938 bits per heavy atom. The molecule has 16 heavy (non-hydrogen) atoms. The van der Waals surface area contributed by atoms with Crippen molar-refractivity contribution in [3.05, 3.63) is 0 Å². The third-order valence-corrected chi connectivity index (χ3v) is 7.98. The molecule has 0 spiro atoms. The monoisotopic (exact) mass is 322 g/mol. The first-order chi connectivity index (χ1) is 7.02. The Kier molecular flexibility index (Phi) is 3.14. The highest BCUT2D eigenvalue weighted by molar-refractivity contribution is 7.85. The molecular formula is C10H14Cl4OS. The summed E-state index contributed by atoms with van der Waals surface area (Å²) in [7, 11) is -0.965. The van der Waals surface area contributed by atoms with E-state index in [4.69, 9.17) is 46.4 Å². The van der Waals surface area contributed by atoms with Gasteiger partial charge in [0.2, 0.25) is 0 Å². The molecule has 94 valence electrons. The standard InChI is InChI=1S/C10H14Cl4OS/c1-7(3-9(7,11)12)5-16(15)6-8(2)4-10(8,13)14/h3-6H2,1-2H3/t7-,8+,16?. The molecule has 3 atom stereocenters. The van der Waals surface area contributed by atoms with E-state index in [0.29, 0.717) is 24.3 Å². The summed E-state index contributed by atoms with van der Waals surface area (Å²) < 4.78 is 10.6. The minimum Gasteiger partial charge on any atom is -0.260 e. The van der Waals surface area contributed by atoms with Crippen LogP contribution in [-0.2, 0) is 10.8 Å². The summed E-state index contributed by atoms with van der Waals surface area (Å²) in [6, 6.07) is 0. The van der Waals surface area contributed by atoms with Crippen molar-refractivity contribution in [1.29, 1.82) is 0 Å². The molecule has 0 N–H and O–H groups in total. The van der Waals surface area contributed by atoms with Crippen molar-refractivity contribution in [2.45, 2.75) is 35.4 Å². The minimum absolute atomic E-state index is 0.215. The lowest BCUT2D eigenvalue weighted by molar-refractivity contribution is 0.598. The number of alkyl halides is 4. The van der Waals surface area contributed by atoms with Crippen LogP contribution in [0.3, 0.4) is 0 Å². The van der Waals surface area contributed by atoms with E-state index in [-0.39, 0.29) is 10.8 Å². The van der Waals surface area contributed by atoms with Crippen molar-refractivity contribution in [1.82, 2.24) is 0 Å². The van der Waals surface area contributed by atoms with Gasteiger partial charge in [-0.15, -0.1) is 46.4 Å². The van der Waals surface area contributed by atoms with E-state index in [0.717, 1.165) is 0 Å². The van der Waals surface area contributed by atoms with Crippen LogP contribution in [0, 0.1) is 10.8 Å². The van der Waals surface area contributed by atoms with Gasteiger partial charge in [0.15, 0.2) is 0 Å². The first-order valence-electron chi connectivity index (χ1n) is 5.12. The summed E-state index contributed by atoms with van der Waals surface area (Å²) in [5, 5.41) is 0. The zero-order valence-corrected chi connectivity index (χ0v) is 13.0. The summed E-state index contributed by atoms with van der Waals surface area (Å²) in [5.74, 6) is 1.05. The summed E-state index contributed by atoms with van der Waals surface area (Å²) in [6.45, 7) is 3.93. The largest absolute Gasteiger partial charge is 0.260 e. The van der Waals surface area contributed by atoms with E-state index in [9.17, 15) is 4.21 Å². The van der Waals surface area contributed by atoms with Gasteiger partial charge in [-0.2, -0.15) is 0 Å². The van der Waals surface area contributed by atoms with Crippen LogP contribution in [0.4, 0.5) is 0 Å². The number of halogens is 4. The lowest BCUT2D eigenvalue weighted by Crippen LogP contribution is -2.22. The normalized spacial score (nSPS) is 45.1. The molecule has 1 unspecified atom stereocenters. The van der Waals surface area contributed by atoms with Gasteiger partial charge in [0.25, 0.3) is 0 Å². The Morgan fingerprint density at radius 2 is 1.19 bits per heavy atom. The van der Waals surface area contributed by atoms with Crippen LogP contribution in [0.1, 0.15) is 26.7 Å². The molecule has 0 heterocycles. The highest BCUT2D eigenvalue weighted by Crippen LogP contribution is 2.66. The summed E-state index contributed by atoms with van der Waals surface area (Å²) >= 11 is 24.1. The summed E-state index contributed by atoms with van der Waals surface area (Å²) in [4.78, 5) is 0. The Balaban J connectivity index is 1.88. The molecule has 0 aliphatic heterocycles. The second kappa shape index (κ2) is 3.66. The lowest BCUT2D eigenvalue weighted by Gasteiger charge is -2.15. The van der Waals surface area contributed by atoms with Crippen LogP contribution in [0.25, 0.3) is 0 Å². The zero-order valence-electron chi connectivity index (χ0n) is 9.16. The molecule has 0 radical (unpaired) electrons. The second-order valence-electron chi connectivity index (χ2n) is 5.61. The fourth-order valence-corrected chi connectivity index (χ4v) is 5.95. The quantitative estimate of drug-likeness (QED) is 0.717. The van der Waals surface area contributed by atoms with E-state index in [1.54, 1.807) is 0 Å². The van der Waals surface area contributed by atoms with Crippen molar-refractivity contribution >= 4 is 57.2 Å². The SMILES string of the molecule is C[C@]1(CS(=O)C[C@]2(C)CC2(Cl)Cl)CC1(Cl)Cl. The van der Waals surface area contributed by atoms with Gasteiger partial charge >= 0.3 is 0 Å². The predicted octanol–water partition coefficient (Wildman–Crippen LogP) is 3.90. The Labute approximate surface area is 119 Å². The van der Waals surface area contributed by atoms with Crippen molar-refractivity contribution in [2.75, 3.05) is 11.5 Å². The maximum absolute atomic E-state index is 12.0. The Bertz CT molecular complexity index is 325. The van der Waals surface area contributed by atoms with E-state index >= 15 is 0 Å². The first kappa shape index (κ1) is 13.7. The molecule has 0 saturated heterocycles. The van der Waals surface area contributed by atoms with Gasteiger partial charge in [-0.25, -0.2) is 0 Å². The molecule has 0 aromatic carbocycles. The molecule has 0 aromatic heterocycles. The zero-order chi connectivity index (χ0) is 12.4. The van der Waals surface area contributed by atoms with E-state index in [2.05, 4.69) is 0 Å². The molecule has 2 aliphatic carbocycles. The Hall–Kier alpha value is 1.31. The maximum atomic E-state index is 12.0. The van der Waals surface area contributed by atoms with E-state index < -0.39 is 19.5 Å². The van der Waals surface area contributed by atoms with Crippen LogP contribution in [-0.4, -0.2) is 24.4 Å². The fourth-order valence-electron chi connectivity index (χ4n) is 1.97. The minimum atomic E-state index is -0.965. The van der Waals surface area contributed by atoms with Crippen LogP contribution in [0.15, 0.2) is 0 Å². The number of hydrogen-bond acceptors (Lipinski definition) is 1. The van der Waals surface area contributed by atoms with Gasteiger partial charge < -0.3 is 0 Å². The van der Waals surface area contributed by atoms with Crippen LogP contribution < -0.4 is 0 Å².